The average Bonchev–Trinajstić information content (AvgIpc) is 2.93. The second-order valence-corrected chi connectivity index (χ2v) is 5.73. The van der Waals surface area contributed by atoms with Gasteiger partial charge in [-0.15, -0.1) is 0 Å². The van der Waals surface area contributed by atoms with Gasteiger partial charge in [-0.1, -0.05) is 6.92 Å². The first kappa shape index (κ1) is 14.5. The van der Waals surface area contributed by atoms with Gasteiger partial charge < -0.3 is 15.3 Å². The largest absolute Gasteiger partial charge is 0.480 e. The Balaban J connectivity index is 2.19. The highest BCUT2D eigenvalue weighted by molar-refractivity contribution is 5.78. The van der Waals surface area contributed by atoms with Crippen LogP contribution in [0.2, 0.25) is 0 Å². The first-order valence-electron chi connectivity index (χ1n) is 6.50. The van der Waals surface area contributed by atoms with E-state index in [1.165, 1.54) is 6.42 Å². The molecule has 2 N–H and O–H groups in total. The second-order valence-electron chi connectivity index (χ2n) is 5.73. The smallest absolute Gasteiger partial charge is 0.323 e. The Kier molecular flexibility index (Phi) is 4.95. The Morgan fingerprint density at radius 3 is 2.59 bits per heavy atom. The fourth-order valence-corrected chi connectivity index (χ4v) is 2.19. The van der Waals surface area contributed by atoms with Crippen LogP contribution in [0.5, 0.6) is 0 Å². The third-order valence-electron chi connectivity index (χ3n) is 4.06. The predicted molar refractivity (Wildman–Crippen MR) is 69.1 cm³/mol. The topological polar surface area (TPSA) is 52.6 Å². The van der Waals surface area contributed by atoms with Crippen molar-refractivity contribution in [1.29, 1.82) is 0 Å². The van der Waals surface area contributed by atoms with Gasteiger partial charge in [0.05, 0.1) is 0 Å². The van der Waals surface area contributed by atoms with Crippen LogP contribution in [-0.2, 0) is 4.79 Å². The molecule has 1 aliphatic rings. The van der Waals surface area contributed by atoms with Gasteiger partial charge in [0.15, 0.2) is 0 Å². The fourth-order valence-electron chi connectivity index (χ4n) is 2.19. The fraction of sp³-hybridized carbons (Fsp3) is 0.923. The van der Waals surface area contributed by atoms with Crippen molar-refractivity contribution < 1.29 is 9.90 Å². The monoisotopic (exact) mass is 242 g/mol. The number of nitrogens with zero attached hydrogens (tertiary/aromatic N) is 1. The van der Waals surface area contributed by atoms with Crippen LogP contribution in [0.3, 0.4) is 0 Å². The van der Waals surface area contributed by atoms with Crippen LogP contribution in [0.4, 0.5) is 0 Å². The Morgan fingerprint density at radius 2 is 2.18 bits per heavy atom. The van der Waals surface area contributed by atoms with Crippen molar-refractivity contribution in [1.82, 2.24) is 10.2 Å². The predicted octanol–water partition coefficient (Wildman–Crippen LogP) is 1.42. The van der Waals surface area contributed by atoms with Crippen LogP contribution in [0.1, 0.15) is 33.1 Å². The molecule has 1 saturated carbocycles. The summed E-state index contributed by atoms with van der Waals surface area (Å²) in [6.45, 7) is 6.18. The van der Waals surface area contributed by atoms with Gasteiger partial charge >= 0.3 is 5.97 Å². The van der Waals surface area contributed by atoms with Crippen molar-refractivity contribution in [3.8, 4) is 0 Å². The normalized spacial score (nSPS) is 26.9. The second kappa shape index (κ2) is 5.83. The molecule has 0 radical (unpaired) electrons. The van der Waals surface area contributed by atoms with Crippen molar-refractivity contribution in [2.45, 2.75) is 38.6 Å². The highest BCUT2D eigenvalue weighted by Gasteiger charge is 2.33. The molecule has 0 spiro atoms. The van der Waals surface area contributed by atoms with Crippen molar-refractivity contribution in [3.63, 3.8) is 0 Å². The number of hydrogen-bond acceptors (Lipinski definition) is 3. The van der Waals surface area contributed by atoms with Crippen LogP contribution in [0.25, 0.3) is 0 Å². The summed E-state index contributed by atoms with van der Waals surface area (Å²) in [4.78, 5) is 13.4. The minimum atomic E-state index is -0.784. The van der Waals surface area contributed by atoms with Gasteiger partial charge in [0, 0.05) is 6.54 Å². The third kappa shape index (κ3) is 4.28. The van der Waals surface area contributed by atoms with E-state index in [1.54, 1.807) is 14.0 Å². The van der Waals surface area contributed by atoms with E-state index in [0.717, 1.165) is 31.3 Å². The molecule has 4 nitrogen and oxygen atoms in total. The lowest BCUT2D eigenvalue weighted by Gasteiger charge is -2.25. The van der Waals surface area contributed by atoms with Gasteiger partial charge in [-0.2, -0.15) is 0 Å². The summed E-state index contributed by atoms with van der Waals surface area (Å²) in [6, 6.07) is 0. The zero-order chi connectivity index (χ0) is 13.1. The lowest BCUT2D eigenvalue weighted by atomic mass is 9.96. The van der Waals surface area contributed by atoms with Gasteiger partial charge in [-0.25, -0.2) is 0 Å². The van der Waals surface area contributed by atoms with E-state index in [4.69, 9.17) is 5.11 Å². The van der Waals surface area contributed by atoms with Crippen LogP contribution in [0.15, 0.2) is 0 Å². The Morgan fingerprint density at radius 1 is 1.59 bits per heavy atom. The summed E-state index contributed by atoms with van der Waals surface area (Å²) in [5, 5.41) is 12.0. The maximum Gasteiger partial charge on any atom is 0.323 e. The standard InChI is InChI=1S/C13H26N2O2/c1-10-8-11(10)9-15(4)7-5-6-13(2,14-3)12(16)17/h10-11,14H,5-9H2,1-4H3,(H,16,17). The summed E-state index contributed by atoms with van der Waals surface area (Å²) >= 11 is 0. The molecule has 1 rings (SSSR count). The SMILES string of the molecule is CNC(C)(CCCN(C)CC1CC1C)C(=O)O. The van der Waals surface area contributed by atoms with Crippen molar-refractivity contribution in [2.75, 3.05) is 27.2 Å². The molecule has 100 valence electrons. The first-order chi connectivity index (χ1) is 7.89. The summed E-state index contributed by atoms with van der Waals surface area (Å²) in [5.41, 5.74) is -0.784. The van der Waals surface area contributed by atoms with Crippen LogP contribution in [0, 0.1) is 11.8 Å². The van der Waals surface area contributed by atoms with Crippen molar-refractivity contribution in [3.05, 3.63) is 0 Å². The molecular weight excluding hydrogens is 216 g/mol. The lowest BCUT2D eigenvalue weighted by molar-refractivity contribution is -0.144. The zero-order valence-electron chi connectivity index (χ0n) is 11.5. The number of carbonyl (C=O) groups is 1. The van der Waals surface area contributed by atoms with E-state index >= 15 is 0 Å². The highest BCUT2D eigenvalue weighted by atomic mass is 16.4. The Bertz CT molecular complexity index is 270. The molecule has 0 aromatic carbocycles. The quantitative estimate of drug-likeness (QED) is 0.676. The van der Waals surface area contributed by atoms with Gasteiger partial charge in [0.2, 0.25) is 0 Å². The van der Waals surface area contributed by atoms with E-state index < -0.39 is 11.5 Å². The van der Waals surface area contributed by atoms with E-state index in [2.05, 4.69) is 24.2 Å². The molecule has 17 heavy (non-hydrogen) atoms. The summed E-state index contributed by atoms with van der Waals surface area (Å²) in [7, 11) is 3.84. The van der Waals surface area contributed by atoms with Crippen molar-refractivity contribution >= 4 is 5.97 Å². The number of likely N-dealkylation sites (N-methyl/N-ethyl adjacent to an activating group) is 1. The van der Waals surface area contributed by atoms with Crippen LogP contribution >= 0.6 is 0 Å². The first-order valence-corrected chi connectivity index (χ1v) is 6.50. The molecule has 4 heteroatoms. The molecule has 0 bridgehead atoms. The van der Waals surface area contributed by atoms with Gasteiger partial charge in [0.25, 0.3) is 0 Å². The minimum Gasteiger partial charge on any atom is -0.480 e. The number of carboxylic acid groups (broad SMARTS) is 1. The van der Waals surface area contributed by atoms with Gasteiger partial charge in [0.1, 0.15) is 5.54 Å². The van der Waals surface area contributed by atoms with E-state index in [-0.39, 0.29) is 0 Å². The number of aliphatic carboxylic acids is 1. The Labute approximate surface area is 104 Å². The molecular formula is C13H26N2O2. The summed E-state index contributed by atoms with van der Waals surface area (Å²) in [6.07, 6.45) is 2.94. The maximum atomic E-state index is 11.1. The van der Waals surface area contributed by atoms with E-state index in [1.807, 2.05) is 0 Å². The number of nitrogens with one attached hydrogen (secondary N) is 1. The molecule has 3 unspecified atom stereocenters. The van der Waals surface area contributed by atoms with E-state index in [9.17, 15) is 4.79 Å². The van der Waals surface area contributed by atoms with Crippen molar-refractivity contribution in [2.24, 2.45) is 11.8 Å². The van der Waals surface area contributed by atoms with Crippen LogP contribution in [-0.4, -0.2) is 48.7 Å². The maximum absolute atomic E-state index is 11.1. The highest BCUT2D eigenvalue weighted by Crippen LogP contribution is 2.37. The molecule has 3 atom stereocenters. The molecule has 1 aliphatic carbocycles. The summed E-state index contributed by atoms with van der Waals surface area (Å²) < 4.78 is 0. The number of hydrogen-bond donors (Lipinski definition) is 2. The van der Waals surface area contributed by atoms with E-state index in [0.29, 0.717) is 6.42 Å². The average molecular weight is 242 g/mol. The molecule has 0 saturated heterocycles. The minimum absolute atomic E-state index is 0.670. The molecule has 0 aliphatic heterocycles. The number of carboxylic acids is 1. The molecule has 0 aromatic rings. The molecule has 0 heterocycles. The molecule has 0 aromatic heterocycles. The Hall–Kier alpha value is -0.610. The van der Waals surface area contributed by atoms with Gasteiger partial charge in [-0.3, -0.25) is 4.79 Å². The third-order valence-corrected chi connectivity index (χ3v) is 4.06. The lowest BCUT2D eigenvalue weighted by Crippen LogP contribution is -2.47. The molecule has 0 amide bonds. The van der Waals surface area contributed by atoms with Crippen LogP contribution < -0.4 is 5.32 Å². The summed E-state index contributed by atoms with van der Waals surface area (Å²) in [5.74, 6) is 0.993. The zero-order valence-corrected chi connectivity index (χ0v) is 11.5. The number of rotatable bonds is 8. The van der Waals surface area contributed by atoms with Gasteiger partial charge in [-0.05, 0) is 58.7 Å². The molecule has 1 fully saturated rings.